The summed E-state index contributed by atoms with van der Waals surface area (Å²) in [7, 11) is -2.91. The molecule has 0 spiro atoms. The standard InChI is InChI=1S/C10H12N2O6S/c1-18-10(15)7-4-6(2-3-8(7)13)19(16,17)12-5-9(11)14/h2-4,12-13H,5H2,1H3,(H2,11,14). The van der Waals surface area contributed by atoms with Gasteiger partial charge in [0.2, 0.25) is 15.9 Å². The van der Waals surface area contributed by atoms with E-state index in [1.807, 2.05) is 4.72 Å². The second-order valence-corrected chi connectivity index (χ2v) is 5.23. The van der Waals surface area contributed by atoms with Crippen LogP contribution in [0.2, 0.25) is 0 Å². The maximum Gasteiger partial charge on any atom is 0.341 e. The molecule has 0 atom stereocenters. The molecule has 8 nitrogen and oxygen atoms in total. The maximum atomic E-state index is 11.8. The summed E-state index contributed by atoms with van der Waals surface area (Å²) in [6.45, 7) is -0.573. The van der Waals surface area contributed by atoms with Crippen LogP contribution < -0.4 is 10.5 Å². The molecular weight excluding hydrogens is 276 g/mol. The number of carbonyl (C=O) groups excluding carboxylic acids is 2. The number of primary amides is 1. The molecule has 0 heterocycles. The first-order valence-corrected chi connectivity index (χ1v) is 6.45. The van der Waals surface area contributed by atoms with Gasteiger partial charge in [-0.05, 0) is 18.2 Å². The molecule has 0 radical (unpaired) electrons. The summed E-state index contributed by atoms with van der Waals surface area (Å²) < 4.78 is 29.9. The molecule has 0 aromatic heterocycles. The first-order chi connectivity index (χ1) is 8.77. The van der Waals surface area contributed by atoms with Crippen LogP contribution in [0.5, 0.6) is 5.75 Å². The normalized spacial score (nSPS) is 11.0. The summed E-state index contributed by atoms with van der Waals surface area (Å²) in [5.74, 6) is -2.15. The summed E-state index contributed by atoms with van der Waals surface area (Å²) >= 11 is 0. The van der Waals surface area contributed by atoms with E-state index in [1.165, 1.54) is 0 Å². The van der Waals surface area contributed by atoms with Crippen molar-refractivity contribution >= 4 is 21.9 Å². The van der Waals surface area contributed by atoms with Gasteiger partial charge in [0, 0.05) is 0 Å². The molecule has 0 aliphatic carbocycles. The molecule has 1 aromatic rings. The predicted octanol–water partition coefficient (Wildman–Crippen LogP) is -1.06. The van der Waals surface area contributed by atoms with E-state index in [0.29, 0.717) is 0 Å². The third kappa shape index (κ3) is 3.66. The zero-order valence-corrected chi connectivity index (χ0v) is 10.7. The van der Waals surface area contributed by atoms with Gasteiger partial charge in [0.25, 0.3) is 0 Å². The lowest BCUT2D eigenvalue weighted by molar-refractivity contribution is -0.116. The molecule has 0 bridgehead atoms. The molecule has 1 rings (SSSR count). The molecule has 1 aromatic carbocycles. The second kappa shape index (κ2) is 5.67. The SMILES string of the molecule is COC(=O)c1cc(S(=O)(=O)NCC(N)=O)ccc1O. The summed E-state index contributed by atoms with van der Waals surface area (Å²) in [6, 6.07) is 3.04. The van der Waals surface area contributed by atoms with Crippen molar-refractivity contribution in [1.82, 2.24) is 4.72 Å². The number of hydrogen-bond donors (Lipinski definition) is 3. The number of ether oxygens (including phenoxy) is 1. The van der Waals surface area contributed by atoms with Crippen LogP contribution in [0.3, 0.4) is 0 Å². The number of hydrogen-bond acceptors (Lipinski definition) is 6. The van der Waals surface area contributed by atoms with Crippen LogP contribution in [0.1, 0.15) is 10.4 Å². The van der Waals surface area contributed by atoms with E-state index in [9.17, 15) is 23.1 Å². The smallest absolute Gasteiger partial charge is 0.341 e. The van der Waals surface area contributed by atoms with Crippen LogP contribution in [0.4, 0.5) is 0 Å². The number of nitrogens with one attached hydrogen (secondary N) is 1. The van der Waals surface area contributed by atoms with Gasteiger partial charge < -0.3 is 15.6 Å². The van der Waals surface area contributed by atoms with Crippen molar-refractivity contribution in [1.29, 1.82) is 0 Å². The zero-order chi connectivity index (χ0) is 14.6. The van der Waals surface area contributed by atoms with Crippen LogP contribution >= 0.6 is 0 Å². The lowest BCUT2D eigenvalue weighted by Gasteiger charge is -2.07. The Hall–Kier alpha value is -2.13. The number of aromatic hydroxyl groups is 1. The van der Waals surface area contributed by atoms with Crippen LogP contribution in [0.15, 0.2) is 23.1 Å². The molecular formula is C10H12N2O6S. The van der Waals surface area contributed by atoms with Gasteiger partial charge in [0.05, 0.1) is 18.6 Å². The number of nitrogens with two attached hydrogens (primary N) is 1. The molecule has 19 heavy (non-hydrogen) atoms. The average Bonchev–Trinajstić information content (AvgIpc) is 2.36. The van der Waals surface area contributed by atoms with Crippen molar-refractivity contribution in [2.75, 3.05) is 13.7 Å². The van der Waals surface area contributed by atoms with E-state index in [4.69, 9.17) is 5.73 Å². The highest BCUT2D eigenvalue weighted by Gasteiger charge is 2.19. The van der Waals surface area contributed by atoms with E-state index in [2.05, 4.69) is 4.74 Å². The van der Waals surface area contributed by atoms with Crippen molar-refractivity contribution in [3.05, 3.63) is 23.8 Å². The lowest BCUT2D eigenvalue weighted by Crippen LogP contribution is -2.33. The molecule has 104 valence electrons. The fourth-order valence-electron chi connectivity index (χ4n) is 1.21. The molecule has 4 N–H and O–H groups in total. The third-order valence-corrected chi connectivity index (χ3v) is 3.52. The Balaban J connectivity index is 3.15. The van der Waals surface area contributed by atoms with Gasteiger partial charge in [-0.2, -0.15) is 0 Å². The predicted molar refractivity (Wildman–Crippen MR) is 63.8 cm³/mol. The summed E-state index contributed by atoms with van der Waals surface area (Å²) in [4.78, 5) is 21.5. The topological polar surface area (TPSA) is 136 Å². The zero-order valence-electron chi connectivity index (χ0n) is 9.91. The number of benzene rings is 1. The first-order valence-electron chi connectivity index (χ1n) is 4.97. The van der Waals surface area contributed by atoms with Crippen molar-refractivity contribution in [3.8, 4) is 5.75 Å². The number of sulfonamides is 1. The van der Waals surface area contributed by atoms with Crippen molar-refractivity contribution in [3.63, 3.8) is 0 Å². The number of phenolic OH excluding ortho intramolecular Hbond substituents is 1. The maximum absolute atomic E-state index is 11.8. The molecule has 1 amide bonds. The number of methoxy groups -OCH3 is 1. The highest BCUT2D eigenvalue weighted by Crippen LogP contribution is 2.21. The van der Waals surface area contributed by atoms with Gasteiger partial charge in [0.15, 0.2) is 0 Å². The molecule has 0 aliphatic heterocycles. The fraction of sp³-hybridized carbons (Fsp3) is 0.200. The Morgan fingerprint density at radius 3 is 2.58 bits per heavy atom. The van der Waals surface area contributed by atoms with Crippen LogP contribution in [0.25, 0.3) is 0 Å². The second-order valence-electron chi connectivity index (χ2n) is 3.46. The number of rotatable bonds is 5. The Morgan fingerprint density at radius 1 is 1.42 bits per heavy atom. The van der Waals surface area contributed by atoms with Gasteiger partial charge in [-0.15, -0.1) is 0 Å². The van der Waals surface area contributed by atoms with Crippen LogP contribution in [-0.4, -0.2) is 39.1 Å². The molecule has 0 unspecified atom stereocenters. The van der Waals surface area contributed by atoms with Gasteiger partial charge in [-0.25, -0.2) is 17.9 Å². The number of amides is 1. The highest BCUT2D eigenvalue weighted by atomic mass is 32.2. The minimum atomic E-state index is -4.01. The molecule has 0 saturated carbocycles. The molecule has 9 heteroatoms. The van der Waals surface area contributed by atoms with Gasteiger partial charge in [-0.3, -0.25) is 4.79 Å². The van der Waals surface area contributed by atoms with E-state index in [0.717, 1.165) is 25.3 Å². The van der Waals surface area contributed by atoms with Gasteiger partial charge in [-0.1, -0.05) is 0 Å². The van der Waals surface area contributed by atoms with E-state index in [-0.39, 0.29) is 10.5 Å². The molecule has 0 aliphatic rings. The Labute approximate surface area is 109 Å². The van der Waals surface area contributed by atoms with Crippen molar-refractivity contribution in [2.45, 2.75) is 4.90 Å². The fourth-order valence-corrected chi connectivity index (χ4v) is 2.22. The first kappa shape index (κ1) is 14.9. The highest BCUT2D eigenvalue weighted by molar-refractivity contribution is 7.89. The Kier molecular flexibility index (Phi) is 4.46. The lowest BCUT2D eigenvalue weighted by atomic mass is 10.2. The van der Waals surface area contributed by atoms with E-state index < -0.39 is 34.2 Å². The molecule has 0 saturated heterocycles. The van der Waals surface area contributed by atoms with Crippen LogP contribution in [0, 0.1) is 0 Å². The van der Waals surface area contributed by atoms with Gasteiger partial charge >= 0.3 is 5.97 Å². The number of phenols is 1. The molecule has 0 fully saturated rings. The number of esters is 1. The van der Waals surface area contributed by atoms with E-state index in [1.54, 1.807) is 0 Å². The summed E-state index contributed by atoms with van der Waals surface area (Å²) in [6.07, 6.45) is 0. The minimum Gasteiger partial charge on any atom is -0.507 e. The van der Waals surface area contributed by atoms with E-state index >= 15 is 0 Å². The van der Waals surface area contributed by atoms with Crippen molar-refractivity contribution < 1.29 is 27.9 Å². The Morgan fingerprint density at radius 2 is 2.05 bits per heavy atom. The monoisotopic (exact) mass is 288 g/mol. The van der Waals surface area contributed by atoms with Crippen LogP contribution in [-0.2, 0) is 19.6 Å². The summed E-state index contributed by atoms with van der Waals surface area (Å²) in [5.41, 5.74) is 4.52. The average molecular weight is 288 g/mol. The third-order valence-electron chi connectivity index (χ3n) is 2.12. The van der Waals surface area contributed by atoms with Gasteiger partial charge in [0.1, 0.15) is 11.3 Å². The van der Waals surface area contributed by atoms with Crippen molar-refractivity contribution in [2.24, 2.45) is 5.73 Å². The number of carbonyl (C=O) groups is 2. The minimum absolute atomic E-state index is 0.299. The largest absolute Gasteiger partial charge is 0.507 e. The summed E-state index contributed by atoms with van der Waals surface area (Å²) in [5, 5.41) is 9.43. The Bertz CT molecular complexity index is 610. The quantitative estimate of drug-likeness (QED) is 0.591.